The molecule has 0 aromatic heterocycles. The van der Waals surface area contributed by atoms with Gasteiger partial charge in [-0.1, -0.05) is 36.4 Å². The molecule has 0 aliphatic rings. The van der Waals surface area contributed by atoms with Crippen LogP contribution in [0.2, 0.25) is 0 Å². The van der Waals surface area contributed by atoms with Gasteiger partial charge >= 0.3 is 6.18 Å². The van der Waals surface area contributed by atoms with Gasteiger partial charge in [-0.05, 0) is 28.5 Å². The van der Waals surface area contributed by atoms with Crippen LogP contribution < -0.4 is 0 Å². The first-order valence-corrected chi connectivity index (χ1v) is 10.7. The molecule has 0 saturated heterocycles. The molecule has 0 heterocycles. The number of hydrogen-bond acceptors (Lipinski definition) is 0. The van der Waals surface area contributed by atoms with Crippen molar-refractivity contribution in [3.8, 4) is 22.3 Å². The van der Waals surface area contributed by atoms with Gasteiger partial charge in [0.15, 0.2) is 46.5 Å². The van der Waals surface area contributed by atoms with E-state index in [2.05, 4.69) is 0 Å². The van der Waals surface area contributed by atoms with Crippen LogP contribution in [0.1, 0.15) is 5.56 Å². The second kappa shape index (κ2) is 8.92. The van der Waals surface area contributed by atoms with Gasteiger partial charge in [0, 0.05) is 21.9 Å². The molecule has 0 bridgehead atoms. The van der Waals surface area contributed by atoms with Crippen molar-refractivity contribution in [1.82, 2.24) is 0 Å². The molecule has 5 aromatic carbocycles. The van der Waals surface area contributed by atoms with Crippen molar-refractivity contribution in [2.45, 2.75) is 6.18 Å². The van der Waals surface area contributed by atoms with Gasteiger partial charge in [0.05, 0.1) is 5.56 Å². The van der Waals surface area contributed by atoms with Gasteiger partial charge in [-0.2, -0.15) is 13.2 Å². The van der Waals surface area contributed by atoms with Gasteiger partial charge in [0.2, 0.25) is 0 Å². The van der Waals surface area contributed by atoms with Crippen molar-refractivity contribution in [2.24, 2.45) is 0 Å². The predicted octanol–water partition coefficient (Wildman–Crippen LogP) is 9.60. The number of fused-ring (bicyclic) bond motifs is 2. The molecule has 0 spiro atoms. The molecule has 12 heteroatoms. The Morgan fingerprint density at radius 2 is 0.949 bits per heavy atom. The number of benzene rings is 5. The molecule has 39 heavy (non-hydrogen) atoms. The topological polar surface area (TPSA) is 0 Å². The maximum Gasteiger partial charge on any atom is 0.422 e. The summed E-state index contributed by atoms with van der Waals surface area (Å²) in [7, 11) is 0. The summed E-state index contributed by atoms with van der Waals surface area (Å²) in [5.41, 5.74) is -6.89. The lowest BCUT2D eigenvalue weighted by Crippen LogP contribution is -2.16. The zero-order valence-electron chi connectivity index (χ0n) is 18.7. The Hall–Kier alpha value is -4.22. The molecule has 0 aliphatic carbocycles. The van der Waals surface area contributed by atoms with E-state index in [1.165, 1.54) is 30.3 Å². The molecular formula is C27H8F12. The zero-order valence-corrected chi connectivity index (χ0v) is 18.7. The Balaban J connectivity index is 2.16. The van der Waals surface area contributed by atoms with Crippen molar-refractivity contribution < 1.29 is 52.7 Å². The van der Waals surface area contributed by atoms with Crippen LogP contribution in [0.3, 0.4) is 0 Å². The highest BCUT2D eigenvalue weighted by molar-refractivity contribution is 6.21. The van der Waals surface area contributed by atoms with Gasteiger partial charge in [-0.15, -0.1) is 0 Å². The quantitative estimate of drug-likeness (QED) is 0.0873. The Morgan fingerprint density at radius 3 is 1.46 bits per heavy atom. The second-order valence-corrected chi connectivity index (χ2v) is 8.32. The van der Waals surface area contributed by atoms with Crippen LogP contribution in [-0.2, 0) is 6.18 Å². The lowest BCUT2D eigenvalue weighted by atomic mass is 9.84. The minimum atomic E-state index is -5.94. The normalized spacial score (nSPS) is 12.1. The molecule has 0 saturated carbocycles. The van der Waals surface area contributed by atoms with Gasteiger partial charge in [0.1, 0.15) is 11.4 Å². The van der Waals surface area contributed by atoms with Crippen LogP contribution in [0.5, 0.6) is 0 Å². The van der Waals surface area contributed by atoms with E-state index in [9.17, 15) is 35.1 Å². The first-order valence-electron chi connectivity index (χ1n) is 10.7. The molecule has 0 aliphatic heterocycles. The first-order chi connectivity index (χ1) is 18.3. The van der Waals surface area contributed by atoms with Crippen LogP contribution in [0, 0.1) is 52.4 Å². The maximum absolute atomic E-state index is 15.4. The van der Waals surface area contributed by atoms with Crippen molar-refractivity contribution in [2.75, 3.05) is 0 Å². The molecule has 0 amide bonds. The van der Waals surface area contributed by atoms with Gasteiger partial charge in [-0.25, -0.2) is 39.5 Å². The average Bonchev–Trinajstić information content (AvgIpc) is 2.89. The Bertz CT molecular complexity index is 1790. The zero-order chi connectivity index (χ0) is 28.5. The van der Waals surface area contributed by atoms with E-state index in [-0.39, 0.29) is 5.56 Å². The van der Waals surface area contributed by atoms with E-state index in [0.717, 1.165) is 12.1 Å². The van der Waals surface area contributed by atoms with Crippen LogP contribution >= 0.6 is 0 Å². The van der Waals surface area contributed by atoms with E-state index >= 15 is 17.6 Å². The number of hydrogen-bond donors (Lipinski definition) is 0. The fraction of sp³-hybridized carbons (Fsp3) is 0.0370. The van der Waals surface area contributed by atoms with Gasteiger partial charge in [0.25, 0.3) is 0 Å². The van der Waals surface area contributed by atoms with E-state index < -0.39 is 102 Å². The summed E-state index contributed by atoms with van der Waals surface area (Å²) in [6.45, 7) is 0. The summed E-state index contributed by atoms with van der Waals surface area (Å²) in [6.07, 6.45) is -5.94. The fourth-order valence-corrected chi connectivity index (χ4v) is 4.58. The fourth-order valence-electron chi connectivity index (χ4n) is 4.58. The standard InChI is InChI=1S/C27H8F12/c28-10-6-7-11-12(8-10)14(17-21(31)23(33)18(27(37,38)39)24(34)22(17)32)16-15(13(11)9-4-2-1-3-5-9)19(29)25(35)26(36)20(16)30/h1-8H. The highest BCUT2D eigenvalue weighted by Crippen LogP contribution is 2.49. The highest BCUT2D eigenvalue weighted by atomic mass is 19.4. The van der Waals surface area contributed by atoms with Gasteiger partial charge in [-0.3, -0.25) is 0 Å². The highest BCUT2D eigenvalue weighted by Gasteiger charge is 2.43. The number of halogens is 12. The molecule has 5 aromatic rings. The summed E-state index contributed by atoms with van der Waals surface area (Å²) in [5, 5.41) is -3.87. The van der Waals surface area contributed by atoms with E-state index in [4.69, 9.17) is 0 Å². The van der Waals surface area contributed by atoms with Crippen LogP contribution in [0.25, 0.3) is 43.8 Å². The average molecular weight is 560 g/mol. The predicted molar refractivity (Wildman–Crippen MR) is 117 cm³/mol. The third-order valence-electron chi connectivity index (χ3n) is 6.15. The SMILES string of the molecule is Fc1ccc2c(-c3ccccc3)c3c(F)c(F)c(F)c(F)c3c(-c3c(F)c(F)c(C(F)(F)F)c(F)c3F)c2c1. The molecule has 200 valence electrons. The van der Waals surface area contributed by atoms with E-state index in [1.807, 2.05) is 0 Å². The molecular weight excluding hydrogens is 552 g/mol. The molecule has 0 atom stereocenters. The van der Waals surface area contributed by atoms with Crippen LogP contribution in [-0.4, -0.2) is 0 Å². The summed E-state index contributed by atoms with van der Waals surface area (Å²) in [4.78, 5) is 0. The first kappa shape index (κ1) is 26.4. The minimum Gasteiger partial charge on any atom is -0.207 e. The lowest BCUT2D eigenvalue weighted by molar-refractivity contribution is -0.143. The van der Waals surface area contributed by atoms with Crippen molar-refractivity contribution in [1.29, 1.82) is 0 Å². The van der Waals surface area contributed by atoms with Crippen LogP contribution in [0.4, 0.5) is 52.7 Å². The number of alkyl halides is 3. The Kier molecular flexibility index (Phi) is 6.04. The molecule has 0 radical (unpaired) electrons. The van der Waals surface area contributed by atoms with E-state index in [0.29, 0.717) is 6.07 Å². The number of rotatable bonds is 2. The second-order valence-electron chi connectivity index (χ2n) is 8.32. The summed E-state index contributed by atoms with van der Waals surface area (Å²) in [6, 6.07) is 8.92. The Labute approximate surface area is 209 Å². The van der Waals surface area contributed by atoms with Crippen LogP contribution in [0.15, 0.2) is 48.5 Å². The Morgan fingerprint density at radius 1 is 0.436 bits per heavy atom. The molecule has 0 fully saturated rings. The molecule has 5 rings (SSSR count). The monoisotopic (exact) mass is 560 g/mol. The van der Waals surface area contributed by atoms with E-state index in [1.54, 1.807) is 0 Å². The van der Waals surface area contributed by atoms with Crippen molar-refractivity contribution in [3.63, 3.8) is 0 Å². The summed E-state index contributed by atoms with van der Waals surface area (Å²) >= 11 is 0. The summed E-state index contributed by atoms with van der Waals surface area (Å²) in [5.74, 6) is -21.8. The van der Waals surface area contributed by atoms with Gasteiger partial charge < -0.3 is 0 Å². The molecule has 0 N–H and O–H groups in total. The summed E-state index contributed by atoms with van der Waals surface area (Å²) < 4.78 is 173. The van der Waals surface area contributed by atoms with Crippen molar-refractivity contribution in [3.05, 3.63) is 106 Å². The third-order valence-corrected chi connectivity index (χ3v) is 6.15. The smallest absolute Gasteiger partial charge is 0.207 e. The minimum absolute atomic E-state index is 0.0132. The molecule has 0 unspecified atom stereocenters. The third kappa shape index (κ3) is 3.80. The molecule has 0 nitrogen and oxygen atoms in total. The largest absolute Gasteiger partial charge is 0.422 e. The lowest BCUT2D eigenvalue weighted by Gasteiger charge is -2.21. The van der Waals surface area contributed by atoms with Crippen molar-refractivity contribution >= 4 is 21.5 Å². The maximum atomic E-state index is 15.4.